The van der Waals surface area contributed by atoms with Crippen molar-refractivity contribution in [2.24, 2.45) is 0 Å². The van der Waals surface area contributed by atoms with Gasteiger partial charge in [-0.25, -0.2) is 4.39 Å². The highest BCUT2D eigenvalue weighted by atomic mass is 19.1. The summed E-state index contributed by atoms with van der Waals surface area (Å²) in [5, 5.41) is 32.0. The first-order valence-electron chi connectivity index (χ1n) is 5.91. The lowest BCUT2D eigenvalue weighted by atomic mass is 10.1. The van der Waals surface area contributed by atoms with Crippen LogP contribution in [0, 0.1) is 27.3 Å². The van der Waals surface area contributed by atoms with Gasteiger partial charge in [0, 0.05) is 18.2 Å². The molecule has 0 unspecified atom stereocenters. The molecule has 0 heterocycles. The number of hydrogen-bond donors (Lipinski definition) is 2. The predicted molar refractivity (Wildman–Crippen MR) is 73.2 cm³/mol. The Morgan fingerprint density at radius 3 is 2.81 bits per heavy atom. The number of nitro benzene ring substituents is 1. The van der Waals surface area contributed by atoms with Crippen LogP contribution in [0.15, 0.2) is 36.4 Å². The summed E-state index contributed by atoms with van der Waals surface area (Å²) < 4.78 is 13.2. The van der Waals surface area contributed by atoms with Gasteiger partial charge >= 0.3 is 0 Å². The van der Waals surface area contributed by atoms with Gasteiger partial charge in [-0.2, -0.15) is 5.26 Å². The average Bonchev–Trinajstić information content (AvgIpc) is 2.48. The van der Waals surface area contributed by atoms with E-state index >= 15 is 0 Å². The molecule has 0 aliphatic carbocycles. The van der Waals surface area contributed by atoms with Crippen LogP contribution in [0.4, 0.5) is 15.8 Å². The van der Waals surface area contributed by atoms with E-state index in [0.29, 0.717) is 0 Å². The molecule has 0 aliphatic heterocycles. The number of anilines is 1. The standard InChI is InChI=1S/C14H10FN3O3/c15-11-3-1-2-10(14(11)19)8-17-12-5-4-9(7-16)6-13(12)18(20)21/h1-6,17,19H,8H2. The molecule has 0 aliphatic rings. The van der Waals surface area contributed by atoms with E-state index in [2.05, 4.69) is 5.32 Å². The lowest BCUT2D eigenvalue weighted by molar-refractivity contribution is -0.384. The number of para-hydroxylation sites is 1. The van der Waals surface area contributed by atoms with E-state index in [0.717, 1.165) is 12.1 Å². The monoisotopic (exact) mass is 287 g/mol. The summed E-state index contributed by atoms with van der Waals surface area (Å²) >= 11 is 0. The maximum Gasteiger partial charge on any atom is 0.293 e. The fourth-order valence-electron chi connectivity index (χ4n) is 1.79. The van der Waals surface area contributed by atoms with Crippen molar-refractivity contribution in [3.05, 3.63) is 63.5 Å². The molecule has 21 heavy (non-hydrogen) atoms. The van der Waals surface area contributed by atoms with E-state index in [1.165, 1.54) is 24.3 Å². The van der Waals surface area contributed by atoms with Crippen molar-refractivity contribution in [3.8, 4) is 11.8 Å². The molecule has 0 amide bonds. The molecule has 6 nitrogen and oxygen atoms in total. The number of nitrogens with one attached hydrogen (secondary N) is 1. The molecule has 0 saturated heterocycles. The SMILES string of the molecule is N#Cc1ccc(NCc2cccc(F)c2O)c([N+](=O)[O-])c1. The van der Waals surface area contributed by atoms with E-state index < -0.39 is 16.5 Å². The lowest BCUT2D eigenvalue weighted by Gasteiger charge is -2.09. The van der Waals surface area contributed by atoms with Crippen LogP contribution in [0.1, 0.15) is 11.1 Å². The molecule has 2 aromatic carbocycles. The number of nitriles is 1. The van der Waals surface area contributed by atoms with Gasteiger partial charge < -0.3 is 10.4 Å². The number of hydrogen-bond acceptors (Lipinski definition) is 5. The molecule has 0 radical (unpaired) electrons. The predicted octanol–water partition coefficient (Wildman–Crippen LogP) is 2.92. The van der Waals surface area contributed by atoms with Crippen molar-refractivity contribution in [3.63, 3.8) is 0 Å². The quantitative estimate of drug-likeness (QED) is 0.665. The highest BCUT2D eigenvalue weighted by Crippen LogP contribution is 2.27. The van der Waals surface area contributed by atoms with E-state index in [1.807, 2.05) is 6.07 Å². The van der Waals surface area contributed by atoms with Crippen molar-refractivity contribution in [1.82, 2.24) is 0 Å². The second kappa shape index (κ2) is 5.88. The van der Waals surface area contributed by atoms with Crippen LogP contribution in [-0.2, 0) is 6.54 Å². The normalized spacial score (nSPS) is 9.90. The number of phenols is 1. The van der Waals surface area contributed by atoms with E-state index in [9.17, 15) is 19.6 Å². The van der Waals surface area contributed by atoms with Gasteiger partial charge in [-0.3, -0.25) is 10.1 Å². The molecule has 2 aromatic rings. The zero-order valence-electron chi connectivity index (χ0n) is 10.7. The molecule has 0 fully saturated rings. The Bertz CT molecular complexity index is 741. The zero-order chi connectivity index (χ0) is 15.4. The van der Waals surface area contributed by atoms with Gasteiger partial charge in [0.2, 0.25) is 0 Å². The Morgan fingerprint density at radius 2 is 2.14 bits per heavy atom. The van der Waals surface area contributed by atoms with Gasteiger partial charge in [-0.05, 0) is 18.2 Å². The Hall–Kier alpha value is -3.14. The van der Waals surface area contributed by atoms with Crippen molar-refractivity contribution in [2.75, 3.05) is 5.32 Å². The fraction of sp³-hybridized carbons (Fsp3) is 0.0714. The molecule has 0 bridgehead atoms. The average molecular weight is 287 g/mol. The van der Waals surface area contributed by atoms with E-state index in [-0.39, 0.29) is 29.0 Å². The summed E-state index contributed by atoms with van der Waals surface area (Å²) in [6.07, 6.45) is 0. The molecule has 2 rings (SSSR count). The van der Waals surface area contributed by atoms with Crippen LogP contribution >= 0.6 is 0 Å². The second-order valence-electron chi connectivity index (χ2n) is 4.20. The van der Waals surface area contributed by atoms with Gasteiger partial charge in [-0.1, -0.05) is 12.1 Å². The highest BCUT2D eigenvalue weighted by molar-refractivity contribution is 5.64. The minimum absolute atomic E-state index is 0.0103. The van der Waals surface area contributed by atoms with Crippen molar-refractivity contribution in [2.45, 2.75) is 6.54 Å². The number of nitro groups is 1. The minimum Gasteiger partial charge on any atom is -0.505 e. The minimum atomic E-state index is -0.761. The van der Waals surface area contributed by atoms with Crippen LogP contribution in [0.5, 0.6) is 5.75 Å². The lowest BCUT2D eigenvalue weighted by Crippen LogP contribution is -2.03. The molecule has 0 saturated carbocycles. The molecule has 0 atom stereocenters. The number of phenolic OH excluding ortho intramolecular Hbond substituents is 1. The Labute approximate surface area is 119 Å². The third kappa shape index (κ3) is 3.06. The van der Waals surface area contributed by atoms with Crippen molar-refractivity contribution in [1.29, 1.82) is 5.26 Å². The van der Waals surface area contributed by atoms with Gasteiger partial charge in [0.1, 0.15) is 5.69 Å². The molecule has 2 N–H and O–H groups in total. The molecule has 0 spiro atoms. The van der Waals surface area contributed by atoms with Crippen LogP contribution in [0.3, 0.4) is 0 Å². The van der Waals surface area contributed by atoms with Gasteiger partial charge in [0.25, 0.3) is 5.69 Å². The smallest absolute Gasteiger partial charge is 0.293 e. The first-order chi connectivity index (χ1) is 10.0. The molecular formula is C14H10FN3O3. The molecular weight excluding hydrogens is 277 g/mol. The summed E-state index contributed by atoms with van der Waals surface area (Å²) in [6.45, 7) is 0.0103. The molecule has 0 aromatic heterocycles. The summed E-state index contributed by atoms with van der Waals surface area (Å²) in [5.74, 6) is -1.26. The third-order valence-corrected chi connectivity index (χ3v) is 2.86. The van der Waals surface area contributed by atoms with Crippen LogP contribution in [0.2, 0.25) is 0 Å². The zero-order valence-corrected chi connectivity index (χ0v) is 10.7. The largest absolute Gasteiger partial charge is 0.505 e. The van der Waals surface area contributed by atoms with Crippen LogP contribution in [0.25, 0.3) is 0 Å². The van der Waals surface area contributed by atoms with Gasteiger partial charge in [0.05, 0.1) is 16.6 Å². The van der Waals surface area contributed by atoms with E-state index in [1.54, 1.807) is 0 Å². The summed E-state index contributed by atoms with van der Waals surface area (Å²) in [5.41, 5.74) is 0.363. The number of nitrogens with zero attached hydrogens (tertiary/aromatic N) is 2. The maximum absolute atomic E-state index is 13.2. The fourth-order valence-corrected chi connectivity index (χ4v) is 1.79. The van der Waals surface area contributed by atoms with Crippen molar-refractivity contribution < 1.29 is 14.4 Å². The number of rotatable bonds is 4. The number of benzene rings is 2. The molecule has 106 valence electrons. The second-order valence-corrected chi connectivity index (χ2v) is 4.20. The van der Waals surface area contributed by atoms with E-state index in [4.69, 9.17) is 5.26 Å². The third-order valence-electron chi connectivity index (χ3n) is 2.86. The highest BCUT2D eigenvalue weighted by Gasteiger charge is 2.15. The van der Waals surface area contributed by atoms with Crippen LogP contribution in [-0.4, -0.2) is 10.0 Å². The van der Waals surface area contributed by atoms with Gasteiger partial charge in [0.15, 0.2) is 11.6 Å². The summed E-state index contributed by atoms with van der Waals surface area (Å²) in [6, 6.07) is 9.84. The summed E-state index contributed by atoms with van der Waals surface area (Å²) in [4.78, 5) is 10.4. The Balaban J connectivity index is 2.26. The Morgan fingerprint density at radius 1 is 1.38 bits per heavy atom. The first kappa shape index (κ1) is 14.3. The van der Waals surface area contributed by atoms with Gasteiger partial charge in [-0.15, -0.1) is 0 Å². The topological polar surface area (TPSA) is 99.2 Å². The first-order valence-corrected chi connectivity index (χ1v) is 5.91. The number of aromatic hydroxyl groups is 1. The summed E-state index contributed by atoms with van der Waals surface area (Å²) in [7, 11) is 0. The number of halogens is 1. The maximum atomic E-state index is 13.2. The Kier molecular flexibility index (Phi) is 4.00. The van der Waals surface area contributed by atoms with Crippen molar-refractivity contribution >= 4 is 11.4 Å². The molecule has 7 heteroatoms. The van der Waals surface area contributed by atoms with Crippen LogP contribution < -0.4 is 5.32 Å².